The second-order valence-electron chi connectivity index (χ2n) is 6.56. The number of carbonyl (C=O) groups is 1. The van der Waals surface area contributed by atoms with Gasteiger partial charge in [-0.15, -0.1) is 0 Å². The molecule has 1 fully saturated rings. The van der Waals surface area contributed by atoms with Gasteiger partial charge >= 0.3 is 0 Å². The first-order chi connectivity index (χ1) is 11.8. The molecule has 1 aromatic rings. The van der Waals surface area contributed by atoms with Crippen LogP contribution >= 0.6 is 11.6 Å². The lowest BCUT2D eigenvalue weighted by Gasteiger charge is -2.22. The number of carbonyl (C=O) groups excluding carboxylic acids is 1. The second-order valence-corrected chi connectivity index (χ2v) is 8.68. The molecule has 0 unspecified atom stereocenters. The molecule has 0 bridgehead atoms. The predicted molar refractivity (Wildman–Crippen MR) is 97.4 cm³/mol. The number of benzene rings is 1. The van der Waals surface area contributed by atoms with Crippen molar-refractivity contribution in [3.63, 3.8) is 0 Å². The van der Waals surface area contributed by atoms with E-state index < -0.39 is 10.0 Å². The van der Waals surface area contributed by atoms with Crippen molar-refractivity contribution in [2.45, 2.75) is 62.9 Å². The number of amides is 1. The van der Waals surface area contributed by atoms with E-state index in [4.69, 9.17) is 16.3 Å². The van der Waals surface area contributed by atoms with E-state index in [0.717, 1.165) is 25.7 Å². The fourth-order valence-corrected chi connectivity index (χ4v) is 4.38. The van der Waals surface area contributed by atoms with E-state index in [2.05, 4.69) is 10.0 Å². The Hall–Kier alpha value is -1.31. The molecule has 0 radical (unpaired) electrons. The minimum atomic E-state index is -3.62. The largest absolute Gasteiger partial charge is 0.482 e. The van der Waals surface area contributed by atoms with Gasteiger partial charge < -0.3 is 10.1 Å². The molecule has 2 N–H and O–H groups in total. The highest BCUT2D eigenvalue weighted by molar-refractivity contribution is 7.89. The van der Waals surface area contributed by atoms with Crippen molar-refractivity contribution in [1.29, 1.82) is 0 Å². The topological polar surface area (TPSA) is 84.5 Å². The Labute approximate surface area is 154 Å². The molecule has 1 saturated carbocycles. The third-order valence-corrected chi connectivity index (χ3v) is 5.89. The fourth-order valence-electron chi connectivity index (χ4n) is 2.80. The van der Waals surface area contributed by atoms with Gasteiger partial charge in [0, 0.05) is 12.1 Å². The fraction of sp³-hybridized carbons (Fsp3) is 0.588. The van der Waals surface area contributed by atoms with Crippen LogP contribution in [0, 0.1) is 0 Å². The lowest BCUT2D eigenvalue weighted by molar-refractivity contribution is -0.124. The van der Waals surface area contributed by atoms with E-state index in [9.17, 15) is 13.2 Å². The van der Waals surface area contributed by atoms with E-state index >= 15 is 0 Å². The highest BCUT2D eigenvalue weighted by Crippen LogP contribution is 2.27. The number of rotatable bonds is 7. The first-order valence-corrected chi connectivity index (χ1v) is 10.4. The van der Waals surface area contributed by atoms with Crippen LogP contribution in [0.3, 0.4) is 0 Å². The molecule has 0 aromatic heterocycles. The first kappa shape index (κ1) is 20.0. The summed E-state index contributed by atoms with van der Waals surface area (Å²) < 4.78 is 32.2. The maximum Gasteiger partial charge on any atom is 0.258 e. The standard InChI is InChI=1S/C17H25ClN2O4S/c1-12(2)20-25(22,23)14-8-9-16(15(18)10-14)24-11-17(21)19-13-6-4-3-5-7-13/h8-10,12-13,20H,3-7,11H2,1-2H3,(H,19,21). The highest BCUT2D eigenvalue weighted by Gasteiger charge is 2.18. The van der Waals surface area contributed by atoms with Crippen molar-refractivity contribution in [1.82, 2.24) is 10.0 Å². The van der Waals surface area contributed by atoms with Crippen LogP contribution in [-0.2, 0) is 14.8 Å². The summed E-state index contributed by atoms with van der Waals surface area (Å²) in [5, 5.41) is 3.10. The number of hydrogen-bond acceptors (Lipinski definition) is 4. The molecule has 0 atom stereocenters. The SMILES string of the molecule is CC(C)NS(=O)(=O)c1ccc(OCC(=O)NC2CCCCC2)c(Cl)c1. The maximum absolute atomic E-state index is 12.1. The molecule has 0 saturated heterocycles. The first-order valence-electron chi connectivity index (χ1n) is 8.52. The molecule has 25 heavy (non-hydrogen) atoms. The van der Waals surface area contributed by atoms with Crippen molar-refractivity contribution in [3.05, 3.63) is 23.2 Å². The number of sulfonamides is 1. The highest BCUT2D eigenvalue weighted by atomic mass is 35.5. The summed E-state index contributed by atoms with van der Waals surface area (Å²) in [5.74, 6) is 0.0881. The number of hydrogen-bond donors (Lipinski definition) is 2. The summed E-state index contributed by atoms with van der Waals surface area (Å²) in [7, 11) is -3.62. The van der Waals surface area contributed by atoms with Gasteiger partial charge in [0.1, 0.15) is 5.75 Å². The van der Waals surface area contributed by atoms with Crippen LogP contribution in [0.5, 0.6) is 5.75 Å². The van der Waals surface area contributed by atoms with Crippen LogP contribution in [-0.4, -0.2) is 33.0 Å². The molecular weight excluding hydrogens is 364 g/mol. The zero-order valence-electron chi connectivity index (χ0n) is 14.5. The molecule has 2 rings (SSSR count). The minimum Gasteiger partial charge on any atom is -0.482 e. The van der Waals surface area contributed by atoms with Gasteiger partial charge in [-0.25, -0.2) is 13.1 Å². The van der Waals surface area contributed by atoms with Crippen LogP contribution in [0.2, 0.25) is 5.02 Å². The lowest BCUT2D eigenvalue weighted by atomic mass is 9.95. The van der Waals surface area contributed by atoms with Gasteiger partial charge in [0.2, 0.25) is 10.0 Å². The number of halogens is 1. The van der Waals surface area contributed by atoms with Gasteiger partial charge in [0.25, 0.3) is 5.91 Å². The number of nitrogens with one attached hydrogen (secondary N) is 2. The van der Waals surface area contributed by atoms with Crippen LogP contribution in [0.25, 0.3) is 0 Å². The Morgan fingerprint density at radius 1 is 1.28 bits per heavy atom. The Balaban J connectivity index is 1.93. The molecule has 0 spiro atoms. The molecule has 6 nitrogen and oxygen atoms in total. The third kappa shape index (κ3) is 6.17. The predicted octanol–water partition coefficient (Wildman–Crippen LogP) is 2.85. The Kier molecular flexibility index (Phi) is 7.10. The van der Waals surface area contributed by atoms with Crippen molar-refractivity contribution in [3.8, 4) is 5.75 Å². The Morgan fingerprint density at radius 2 is 1.96 bits per heavy atom. The summed E-state index contributed by atoms with van der Waals surface area (Å²) in [6, 6.07) is 4.19. The van der Waals surface area contributed by atoms with Gasteiger partial charge in [0.05, 0.1) is 9.92 Å². The van der Waals surface area contributed by atoms with Gasteiger partial charge in [0.15, 0.2) is 6.61 Å². The summed E-state index contributed by atoms with van der Waals surface area (Å²) in [6.07, 6.45) is 5.50. The Morgan fingerprint density at radius 3 is 2.56 bits per heavy atom. The normalized spacial score (nSPS) is 16.0. The van der Waals surface area contributed by atoms with Crippen molar-refractivity contribution in [2.24, 2.45) is 0 Å². The molecule has 1 aliphatic rings. The smallest absolute Gasteiger partial charge is 0.258 e. The average Bonchev–Trinajstić information content (AvgIpc) is 2.53. The minimum absolute atomic E-state index is 0.0604. The molecule has 1 amide bonds. The van der Waals surface area contributed by atoms with Gasteiger partial charge in [-0.1, -0.05) is 30.9 Å². The molecule has 0 heterocycles. The molecule has 140 valence electrons. The zero-order chi connectivity index (χ0) is 18.4. The van der Waals surface area contributed by atoms with E-state index in [-0.39, 0.29) is 40.3 Å². The second kappa shape index (κ2) is 8.87. The van der Waals surface area contributed by atoms with E-state index in [1.54, 1.807) is 13.8 Å². The monoisotopic (exact) mass is 388 g/mol. The summed E-state index contributed by atoms with van der Waals surface area (Å²) >= 11 is 6.10. The van der Waals surface area contributed by atoms with Crippen molar-refractivity contribution >= 4 is 27.5 Å². The van der Waals surface area contributed by atoms with Gasteiger partial charge in [-0.3, -0.25) is 4.79 Å². The molecule has 0 aliphatic heterocycles. The van der Waals surface area contributed by atoms with Crippen LogP contribution in [0.1, 0.15) is 46.0 Å². The molecular formula is C17H25ClN2O4S. The molecule has 1 aromatic carbocycles. The maximum atomic E-state index is 12.1. The zero-order valence-corrected chi connectivity index (χ0v) is 16.1. The number of ether oxygens (including phenoxy) is 1. The van der Waals surface area contributed by atoms with Crippen molar-refractivity contribution in [2.75, 3.05) is 6.61 Å². The lowest BCUT2D eigenvalue weighted by Crippen LogP contribution is -2.39. The quantitative estimate of drug-likeness (QED) is 0.752. The van der Waals surface area contributed by atoms with Gasteiger partial charge in [-0.05, 0) is 44.9 Å². The van der Waals surface area contributed by atoms with E-state index in [0.29, 0.717) is 0 Å². The van der Waals surface area contributed by atoms with Crippen LogP contribution < -0.4 is 14.8 Å². The van der Waals surface area contributed by atoms with E-state index in [1.807, 2.05) is 0 Å². The van der Waals surface area contributed by atoms with Crippen LogP contribution in [0.4, 0.5) is 0 Å². The van der Waals surface area contributed by atoms with E-state index in [1.165, 1.54) is 24.6 Å². The summed E-state index contributed by atoms with van der Waals surface area (Å²) in [6.45, 7) is 3.33. The van der Waals surface area contributed by atoms with Gasteiger partial charge in [-0.2, -0.15) is 0 Å². The molecule has 1 aliphatic carbocycles. The summed E-state index contributed by atoms with van der Waals surface area (Å²) in [5.41, 5.74) is 0. The third-order valence-electron chi connectivity index (χ3n) is 3.93. The molecule has 8 heteroatoms. The average molecular weight is 389 g/mol. The van der Waals surface area contributed by atoms with Crippen molar-refractivity contribution < 1.29 is 17.9 Å². The van der Waals surface area contributed by atoms with Crippen LogP contribution in [0.15, 0.2) is 23.1 Å². The summed E-state index contributed by atoms with van der Waals surface area (Å²) in [4.78, 5) is 12.0. The Bertz CT molecular complexity index is 701.